The number of nitrogens with zero attached hydrogens (tertiary/aromatic N) is 2. The molecule has 220 valence electrons. The number of hydrogen-bond donors (Lipinski definition) is 1. The Morgan fingerprint density at radius 1 is 1.18 bits per heavy atom. The van der Waals surface area contributed by atoms with Crippen molar-refractivity contribution in [1.29, 1.82) is 0 Å². The van der Waals surface area contributed by atoms with Gasteiger partial charge in [0, 0.05) is 50.6 Å². The molecule has 8 heteroatoms. The second-order valence-corrected chi connectivity index (χ2v) is 12.5. The number of ketones is 2. The Hall–Kier alpha value is -2.42. The van der Waals surface area contributed by atoms with Crippen LogP contribution in [0.3, 0.4) is 0 Å². The second-order valence-electron chi connectivity index (χ2n) is 11.4. The monoisotopic (exact) mass is 569 g/mol. The van der Waals surface area contributed by atoms with E-state index in [1.807, 2.05) is 6.07 Å². The van der Waals surface area contributed by atoms with E-state index in [9.17, 15) is 14.4 Å². The summed E-state index contributed by atoms with van der Waals surface area (Å²) in [6, 6.07) is 6.16. The Labute approximate surface area is 243 Å². The number of hydrogen-bond acceptors (Lipinski definition) is 7. The first-order valence-electron chi connectivity index (χ1n) is 14.8. The van der Waals surface area contributed by atoms with Gasteiger partial charge < -0.3 is 14.8 Å². The van der Waals surface area contributed by atoms with Gasteiger partial charge in [-0.2, -0.15) is 0 Å². The minimum absolute atomic E-state index is 0.0196. The van der Waals surface area contributed by atoms with Gasteiger partial charge in [-0.1, -0.05) is 40.3 Å². The van der Waals surface area contributed by atoms with Crippen molar-refractivity contribution >= 4 is 39.0 Å². The van der Waals surface area contributed by atoms with Gasteiger partial charge in [0.2, 0.25) is 5.91 Å². The number of fused-ring (bicyclic) bond motifs is 1. The highest BCUT2D eigenvalue weighted by Crippen LogP contribution is 2.29. The zero-order chi connectivity index (χ0) is 29.2. The van der Waals surface area contributed by atoms with Gasteiger partial charge in [-0.25, -0.2) is 4.98 Å². The van der Waals surface area contributed by atoms with E-state index >= 15 is 0 Å². The molecule has 0 bridgehead atoms. The second kappa shape index (κ2) is 15.5. The maximum absolute atomic E-state index is 13.7. The average Bonchev–Trinajstić information content (AvgIpc) is 3.34. The van der Waals surface area contributed by atoms with Crippen molar-refractivity contribution in [2.24, 2.45) is 11.8 Å². The van der Waals surface area contributed by atoms with Crippen LogP contribution in [0.2, 0.25) is 0 Å². The average molecular weight is 570 g/mol. The molecule has 2 aromatic rings. The van der Waals surface area contributed by atoms with Gasteiger partial charge in [0.1, 0.15) is 5.78 Å². The number of likely N-dealkylation sites (N-methyl/N-ethyl adjacent to an activating group) is 1. The van der Waals surface area contributed by atoms with E-state index in [2.05, 4.69) is 56.6 Å². The van der Waals surface area contributed by atoms with E-state index in [-0.39, 0.29) is 35.9 Å². The molecule has 7 nitrogen and oxygen atoms in total. The minimum atomic E-state index is -0.502. The third-order valence-electron chi connectivity index (χ3n) is 8.00. The number of amides is 1. The Morgan fingerprint density at radius 2 is 1.88 bits per heavy atom. The van der Waals surface area contributed by atoms with Crippen LogP contribution in [-0.2, 0) is 25.5 Å². The van der Waals surface area contributed by atoms with Crippen molar-refractivity contribution in [3.05, 3.63) is 40.9 Å². The van der Waals surface area contributed by atoms with E-state index in [4.69, 9.17) is 9.72 Å². The molecule has 1 saturated heterocycles. The van der Waals surface area contributed by atoms with Gasteiger partial charge in [0.25, 0.3) is 0 Å². The van der Waals surface area contributed by atoms with Crippen LogP contribution < -0.4 is 5.32 Å². The lowest BCUT2D eigenvalue weighted by molar-refractivity contribution is -0.130. The summed E-state index contributed by atoms with van der Waals surface area (Å²) in [5.41, 5.74) is 2.80. The van der Waals surface area contributed by atoms with Gasteiger partial charge in [0.15, 0.2) is 5.78 Å². The molecule has 0 radical (unpaired) electrons. The van der Waals surface area contributed by atoms with Crippen LogP contribution in [0.5, 0.6) is 0 Å². The fourth-order valence-corrected chi connectivity index (χ4v) is 6.46. The summed E-state index contributed by atoms with van der Waals surface area (Å²) in [4.78, 5) is 45.8. The van der Waals surface area contributed by atoms with Crippen molar-refractivity contribution < 1.29 is 19.1 Å². The number of carbonyl (C=O) groups excluding carboxylic acids is 3. The smallest absolute Gasteiger partial charge is 0.224 e. The first kappa shape index (κ1) is 32.1. The first-order valence-corrected chi connectivity index (χ1v) is 15.6. The van der Waals surface area contributed by atoms with Crippen molar-refractivity contribution in [3.8, 4) is 0 Å². The molecular formula is C32H47N3O4S. The maximum atomic E-state index is 13.7. The molecular weight excluding hydrogens is 522 g/mol. The number of aromatic nitrogens is 1. The summed E-state index contributed by atoms with van der Waals surface area (Å²) in [5, 5.41) is 4.13. The molecule has 2 heterocycles. The molecule has 1 aliphatic heterocycles. The number of benzene rings is 1. The lowest BCUT2D eigenvalue weighted by Crippen LogP contribution is -2.45. The largest absolute Gasteiger partial charge is 0.381 e. The fraction of sp³-hybridized carbons (Fsp3) is 0.625. The van der Waals surface area contributed by atoms with Crippen molar-refractivity contribution in [2.75, 3.05) is 32.8 Å². The zero-order valence-corrected chi connectivity index (χ0v) is 25.8. The summed E-state index contributed by atoms with van der Waals surface area (Å²) in [6.07, 6.45) is 3.16. The molecule has 0 unspecified atom stereocenters. The van der Waals surface area contributed by atoms with Crippen LogP contribution in [0.25, 0.3) is 10.2 Å². The van der Waals surface area contributed by atoms with Gasteiger partial charge in [0.05, 0.1) is 21.1 Å². The molecule has 3 rings (SSSR count). The predicted octanol–water partition coefficient (Wildman–Crippen LogP) is 5.72. The number of ether oxygens (including phenoxy) is 1. The quantitative estimate of drug-likeness (QED) is 0.260. The Kier molecular flexibility index (Phi) is 12.5. The van der Waals surface area contributed by atoms with Gasteiger partial charge in [-0.15, -0.1) is 11.3 Å². The molecule has 1 N–H and O–H groups in total. The van der Waals surface area contributed by atoms with E-state index in [1.165, 1.54) is 12.5 Å². The van der Waals surface area contributed by atoms with Crippen molar-refractivity contribution in [1.82, 2.24) is 15.2 Å². The van der Waals surface area contributed by atoms with E-state index < -0.39 is 5.92 Å². The van der Waals surface area contributed by atoms with Crippen LogP contribution in [0.1, 0.15) is 83.2 Å². The standard InChI is InChI=1S/C32H47N3O4S/c1-7-35(8-2)20-22(5)29(37)12-11-27(24-13-15-39-16-14-24)34-32(38)26(17-23(6)36)19-31-33-28-10-9-25(21(3)4)18-30(28)40-31/h9-10,18,21,24,26-27H,5,7-8,11-17,19-20H2,1-4,6H3,(H,34,38)/t26-,27+/m0/s1. The molecule has 1 aromatic heterocycles. The molecule has 40 heavy (non-hydrogen) atoms. The number of thiazole rings is 1. The van der Waals surface area contributed by atoms with Gasteiger partial charge >= 0.3 is 0 Å². The molecule has 0 spiro atoms. The van der Waals surface area contributed by atoms with Crippen LogP contribution in [0.4, 0.5) is 0 Å². The zero-order valence-electron chi connectivity index (χ0n) is 25.0. The van der Waals surface area contributed by atoms with Gasteiger partial charge in [-0.05, 0) is 68.8 Å². The number of Topliss-reactive ketones (excluding diaryl/α,β-unsaturated/α-hetero) is 2. The van der Waals surface area contributed by atoms with Crippen molar-refractivity contribution in [3.63, 3.8) is 0 Å². The molecule has 1 aliphatic rings. The topological polar surface area (TPSA) is 88.6 Å². The molecule has 1 fully saturated rings. The third kappa shape index (κ3) is 9.32. The Morgan fingerprint density at radius 3 is 2.50 bits per heavy atom. The molecule has 1 aromatic carbocycles. The predicted molar refractivity (Wildman–Crippen MR) is 163 cm³/mol. The number of rotatable bonds is 16. The summed E-state index contributed by atoms with van der Waals surface area (Å²) in [6.45, 7) is 17.7. The number of carbonyl (C=O) groups is 3. The maximum Gasteiger partial charge on any atom is 0.224 e. The van der Waals surface area contributed by atoms with Crippen LogP contribution in [-0.4, -0.2) is 66.2 Å². The highest BCUT2D eigenvalue weighted by Gasteiger charge is 2.30. The molecule has 0 saturated carbocycles. The summed E-state index contributed by atoms with van der Waals surface area (Å²) in [5.74, 6) is 0.0511. The summed E-state index contributed by atoms with van der Waals surface area (Å²) >= 11 is 1.60. The minimum Gasteiger partial charge on any atom is -0.381 e. The fourth-order valence-electron chi connectivity index (χ4n) is 5.36. The SMILES string of the molecule is C=C(CN(CC)CC)C(=O)CC[C@@H](NC(=O)[C@@H](CC(C)=O)Cc1nc2ccc(C(C)C)cc2s1)C1CCOCC1. The highest BCUT2D eigenvalue weighted by molar-refractivity contribution is 7.18. The third-order valence-corrected chi connectivity index (χ3v) is 9.04. The molecule has 0 aliphatic carbocycles. The summed E-state index contributed by atoms with van der Waals surface area (Å²) in [7, 11) is 0. The van der Waals surface area contributed by atoms with Gasteiger partial charge in [-0.3, -0.25) is 14.5 Å². The lowest BCUT2D eigenvalue weighted by atomic mass is 9.87. The summed E-state index contributed by atoms with van der Waals surface area (Å²) < 4.78 is 6.67. The van der Waals surface area contributed by atoms with Crippen LogP contribution in [0, 0.1) is 11.8 Å². The van der Waals surface area contributed by atoms with Crippen LogP contribution >= 0.6 is 11.3 Å². The normalized spacial score (nSPS) is 15.9. The lowest BCUT2D eigenvalue weighted by Gasteiger charge is -2.32. The first-order chi connectivity index (χ1) is 19.1. The highest BCUT2D eigenvalue weighted by atomic mass is 32.1. The van der Waals surface area contributed by atoms with E-state index in [1.54, 1.807) is 11.3 Å². The van der Waals surface area contributed by atoms with Crippen LogP contribution in [0.15, 0.2) is 30.4 Å². The number of nitrogens with one attached hydrogen (secondary N) is 1. The molecule has 2 atom stereocenters. The molecule has 1 amide bonds. The Bertz CT molecular complexity index is 1160. The van der Waals surface area contributed by atoms with E-state index in [0.717, 1.165) is 41.2 Å². The van der Waals surface area contributed by atoms with Crippen molar-refractivity contribution in [2.45, 2.75) is 85.1 Å². The van der Waals surface area contributed by atoms with E-state index in [0.29, 0.717) is 50.5 Å². The Balaban J connectivity index is 1.72.